The summed E-state index contributed by atoms with van der Waals surface area (Å²) < 4.78 is 0. The van der Waals surface area contributed by atoms with Crippen LogP contribution in [-0.2, 0) is 0 Å². The molecule has 0 fully saturated rings. The molecular formula is C18H13N3O4. The smallest absolute Gasteiger partial charge is 0.301 e. The van der Waals surface area contributed by atoms with Crippen LogP contribution in [0.3, 0.4) is 0 Å². The second kappa shape index (κ2) is 6.79. The van der Waals surface area contributed by atoms with E-state index in [0.717, 1.165) is 16.7 Å². The molecule has 1 aromatic heterocycles. The molecule has 0 saturated heterocycles. The highest BCUT2D eigenvalue weighted by molar-refractivity contribution is 5.73. The van der Waals surface area contributed by atoms with Gasteiger partial charge in [0, 0.05) is 0 Å². The molecule has 0 unspecified atom stereocenters. The minimum absolute atomic E-state index is 0.147. The summed E-state index contributed by atoms with van der Waals surface area (Å²) in [5.74, 6) is 0. The van der Waals surface area contributed by atoms with Gasteiger partial charge in [0.1, 0.15) is 5.69 Å². The lowest BCUT2D eigenvalue weighted by Gasteiger charge is -2.02. The number of hydrogen-bond acceptors (Lipinski definition) is 4. The zero-order valence-electron chi connectivity index (χ0n) is 12.9. The number of nitrogens with one attached hydrogen (secondary N) is 2. The van der Waals surface area contributed by atoms with Crippen LogP contribution in [0.15, 0.2) is 64.2 Å². The summed E-state index contributed by atoms with van der Waals surface area (Å²) in [5.41, 5.74) is 0.209. The molecular weight excluding hydrogens is 322 g/mol. The molecule has 3 rings (SSSR count). The minimum Gasteiger partial charge on any atom is -0.301 e. The number of aromatic amines is 2. The van der Waals surface area contributed by atoms with Crippen molar-refractivity contribution in [1.82, 2.24) is 9.97 Å². The molecule has 0 saturated carbocycles. The Hall–Kier alpha value is -3.74. The molecule has 0 amide bonds. The van der Waals surface area contributed by atoms with E-state index in [0.29, 0.717) is 0 Å². The van der Waals surface area contributed by atoms with E-state index in [1.54, 1.807) is 6.08 Å². The number of H-pyrrole nitrogens is 2. The third-order valence-corrected chi connectivity index (χ3v) is 3.59. The first-order valence-corrected chi connectivity index (χ1v) is 7.39. The van der Waals surface area contributed by atoms with Gasteiger partial charge in [-0.05, 0) is 22.8 Å². The number of rotatable bonds is 4. The highest BCUT2D eigenvalue weighted by atomic mass is 16.6. The Morgan fingerprint density at radius 1 is 0.840 bits per heavy atom. The molecule has 0 aliphatic heterocycles. The van der Waals surface area contributed by atoms with Crippen LogP contribution in [0.25, 0.3) is 23.3 Å². The van der Waals surface area contributed by atoms with Crippen molar-refractivity contribution in [3.05, 3.63) is 96.8 Å². The summed E-state index contributed by atoms with van der Waals surface area (Å²) >= 11 is 0. The summed E-state index contributed by atoms with van der Waals surface area (Å²) in [6.45, 7) is 0. The fourth-order valence-corrected chi connectivity index (χ4v) is 2.40. The van der Waals surface area contributed by atoms with Crippen molar-refractivity contribution in [3.8, 4) is 11.1 Å². The van der Waals surface area contributed by atoms with Gasteiger partial charge in [0.05, 0.1) is 4.92 Å². The number of benzene rings is 2. The lowest BCUT2D eigenvalue weighted by atomic mass is 10.0. The molecule has 7 nitrogen and oxygen atoms in total. The number of nitrogens with zero attached hydrogens (tertiary/aromatic N) is 1. The molecule has 1 heterocycles. The van der Waals surface area contributed by atoms with Crippen LogP contribution in [-0.4, -0.2) is 14.9 Å². The van der Waals surface area contributed by atoms with Gasteiger partial charge in [0.25, 0.3) is 0 Å². The van der Waals surface area contributed by atoms with Gasteiger partial charge in [-0.15, -0.1) is 0 Å². The highest BCUT2D eigenvalue weighted by Gasteiger charge is 2.18. The molecule has 3 aromatic rings. The molecule has 0 spiro atoms. The van der Waals surface area contributed by atoms with Crippen LogP contribution in [0.2, 0.25) is 0 Å². The molecule has 0 radical (unpaired) electrons. The molecule has 2 aromatic carbocycles. The molecule has 0 atom stereocenters. The van der Waals surface area contributed by atoms with Crippen molar-refractivity contribution in [1.29, 1.82) is 0 Å². The summed E-state index contributed by atoms with van der Waals surface area (Å²) in [6.07, 6.45) is 2.93. The molecule has 7 heteroatoms. The average molecular weight is 335 g/mol. The maximum Gasteiger partial charge on any atom is 0.357 e. The van der Waals surface area contributed by atoms with E-state index in [4.69, 9.17) is 0 Å². The SMILES string of the molecule is O=c1[nH]c(C=Cc2ccc(-c3ccccc3)cc2)c([N+](=O)[O-])c(=O)[nH]1. The fourth-order valence-electron chi connectivity index (χ4n) is 2.40. The number of hydrogen-bond donors (Lipinski definition) is 2. The third-order valence-electron chi connectivity index (χ3n) is 3.59. The van der Waals surface area contributed by atoms with Gasteiger partial charge in [-0.1, -0.05) is 60.7 Å². The first-order chi connectivity index (χ1) is 12.0. The summed E-state index contributed by atoms with van der Waals surface area (Å²) in [6, 6.07) is 17.4. The topological polar surface area (TPSA) is 109 Å². The number of aromatic nitrogens is 2. The van der Waals surface area contributed by atoms with Crippen molar-refractivity contribution < 1.29 is 4.92 Å². The van der Waals surface area contributed by atoms with Crippen LogP contribution < -0.4 is 11.2 Å². The van der Waals surface area contributed by atoms with E-state index in [2.05, 4.69) is 4.98 Å². The fraction of sp³-hybridized carbons (Fsp3) is 0. The first-order valence-electron chi connectivity index (χ1n) is 7.39. The standard InChI is InChI=1S/C18H13N3O4/c22-17-16(21(24)25)15(19-18(23)20-17)11-8-12-6-9-14(10-7-12)13-4-2-1-3-5-13/h1-11H,(H2,19,20,22,23). The van der Waals surface area contributed by atoms with E-state index < -0.39 is 21.9 Å². The van der Waals surface area contributed by atoms with E-state index in [1.165, 1.54) is 6.08 Å². The van der Waals surface area contributed by atoms with Gasteiger partial charge in [-0.2, -0.15) is 0 Å². The Bertz CT molecular complexity index is 1050. The molecule has 0 aliphatic rings. The van der Waals surface area contributed by atoms with Crippen molar-refractivity contribution >= 4 is 17.8 Å². The van der Waals surface area contributed by atoms with Crippen molar-refractivity contribution in [2.75, 3.05) is 0 Å². The van der Waals surface area contributed by atoms with Gasteiger partial charge in [-0.3, -0.25) is 19.9 Å². The van der Waals surface area contributed by atoms with Crippen LogP contribution in [0.4, 0.5) is 5.69 Å². The van der Waals surface area contributed by atoms with E-state index in [1.807, 2.05) is 59.6 Å². The maximum atomic E-state index is 11.6. The van der Waals surface area contributed by atoms with Crippen LogP contribution >= 0.6 is 0 Å². The molecule has 0 aliphatic carbocycles. The molecule has 25 heavy (non-hydrogen) atoms. The van der Waals surface area contributed by atoms with Gasteiger partial charge >= 0.3 is 16.9 Å². The second-order valence-electron chi connectivity index (χ2n) is 5.25. The predicted octanol–water partition coefficient (Wildman–Crippen LogP) is 2.81. The quantitative estimate of drug-likeness (QED) is 0.564. The molecule has 0 bridgehead atoms. The predicted molar refractivity (Wildman–Crippen MR) is 95.1 cm³/mol. The lowest BCUT2D eigenvalue weighted by molar-refractivity contribution is -0.386. The van der Waals surface area contributed by atoms with E-state index >= 15 is 0 Å². The van der Waals surface area contributed by atoms with Crippen LogP contribution in [0.1, 0.15) is 11.3 Å². The summed E-state index contributed by atoms with van der Waals surface area (Å²) in [7, 11) is 0. The Morgan fingerprint density at radius 3 is 2.12 bits per heavy atom. The Labute approximate surface area is 141 Å². The van der Waals surface area contributed by atoms with Gasteiger partial charge in [-0.25, -0.2) is 4.79 Å². The van der Waals surface area contributed by atoms with E-state index in [-0.39, 0.29) is 5.69 Å². The van der Waals surface area contributed by atoms with Crippen molar-refractivity contribution in [2.45, 2.75) is 0 Å². The first kappa shape index (κ1) is 16.1. The largest absolute Gasteiger partial charge is 0.357 e. The second-order valence-corrected chi connectivity index (χ2v) is 5.25. The molecule has 2 N–H and O–H groups in total. The highest BCUT2D eigenvalue weighted by Crippen LogP contribution is 2.20. The normalized spacial score (nSPS) is 10.9. The third kappa shape index (κ3) is 3.61. The van der Waals surface area contributed by atoms with Gasteiger partial charge in [0.2, 0.25) is 0 Å². The van der Waals surface area contributed by atoms with Crippen molar-refractivity contribution in [3.63, 3.8) is 0 Å². The minimum atomic E-state index is -1.03. The van der Waals surface area contributed by atoms with Crippen molar-refractivity contribution in [2.24, 2.45) is 0 Å². The Morgan fingerprint density at radius 2 is 1.48 bits per heavy atom. The Kier molecular flexibility index (Phi) is 4.38. The van der Waals surface area contributed by atoms with Crippen LogP contribution in [0.5, 0.6) is 0 Å². The molecule has 124 valence electrons. The van der Waals surface area contributed by atoms with Gasteiger partial charge < -0.3 is 4.98 Å². The zero-order valence-corrected chi connectivity index (χ0v) is 12.9. The summed E-state index contributed by atoms with van der Waals surface area (Å²) in [5, 5.41) is 11.0. The van der Waals surface area contributed by atoms with Crippen LogP contribution in [0, 0.1) is 10.1 Å². The maximum absolute atomic E-state index is 11.6. The van der Waals surface area contributed by atoms with Gasteiger partial charge in [0.15, 0.2) is 0 Å². The zero-order chi connectivity index (χ0) is 17.8. The monoisotopic (exact) mass is 335 g/mol. The Balaban J connectivity index is 1.92. The average Bonchev–Trinajstić information content (AvgIpc) is 2.60. The summed E-state index contributed by atoms with van der Waals surface area (Å²) in [4.78, 5) is 37.2. The lowest BCUT2D eigenvalue weighted by Crippen LogP contribution is -2.25. The number of nitro groups is 1. The van der Waals surface area contributed by atoms with E-state index in [9.17, 15) is 19.7 Å².